The van der Waals surface area contributed by atoms with E-state index in [-0.39, 0.29) is 0 Å². The second-order valence-electron chi connectivity index (χ2n) is 8.42. The number of hydrogen-bond donors (Lipinski definition) is 1. The zero-order valence-corrected chi connectivity index (χ0v) is 14.4. The van der Waals surface area contributed by atoms with Crippen LogP contribution in [0.1, 0.15) is 78.1 Å². The molecule has 2 heteroatoms. The van der Waals surface area contributed by atoms with E-state index in [1.165, 1.54) is 83.8 Å². The molecule has 1 aliphatic heterocycles. The van der Waals surface area contributed by atoms with E-state index in [0.29, 0.717) is 5.41 Å². The molecule has 2 unspecified atom stereocenters. The number of nitrogens with zero attached hydrogens (tertiary/aromatic N) is 1. The van der Waals surface area contributed by atoms with Crippen LogP contribution in [-0.2, 0) is 0 Å². The Hall–Kier alpha value is -0.0800. The van der Waals surface area contributed by atoms with Crippen molar-refractivity contribution in [1.82, 2.24) is 10.2 Å². The summed E-state index contributed by atoms with van der Waals surface area (Å²) in [6, 6.07) is 1.56. The predicted molar refractivity (Wildman–Crippen MR) is 90.6 cm³/mol. The summed E-state index contributed by atoms with van der Waals surface area (Å²) in [6.07, 6.45) is 14.5. The maximum absolute atomic E-state index is 3.92. The molecule has 3 fully saturated rings. The Labute approximate surface area is 132 Å². The zero-order chi connectivity index (χ0) is 14.7. The van der Waals surface area contributed by atoms with E-state index in [2.05, 4.69) is 24.1 Å². The van der Waals surface area contributed by atoms with Gasteiger partial charge in [-0.15, -0.1) is 0 Å². The van der Waals surface area contributed by atoms with Crippen molar-refractivity contribution in [1.29, 1.82) is 0 Å². The van der Waals surface area contributed by atoms with Gasteiger partial charge in [0, 0.05) is 31.7 Å². The van der Waals surface area contributed by atoms with Crippen LogP contribution in [0.4, 0.5) is 0 Å². The van der Waals surface area contributed by atoms with Gasteiger partial charge in [-0.25, -0.2) is 0 Å². The molecule has 21 heavy (non-hydrogen) atoms. The second kappa shape index (κ2) is 7.00. The van der Waals surface area contributed by atoms with Crippen LogP contribution >= 0.6 is 0 Å². The van der Waals surface area contributed by atoms with Gasteiger partial charge in [0.25, 0.3) is 0 Å². The van der Waals surface area contributed by atoms with Crippen LogP contribution in [0.25, 0.3) is 0 Å². The van der Waals surface area contributed by atoms with Crippen LogP contribution in [0.3, 0.4) is 0 Å². The molecule has 1 heterocycles. The first-order chi connectivity index (χ1) is 10.2. The lowest BCUT2D eigenvalue weighted by Crippen LogP contribution is -2.60. The fraction of sp³-hybridized carbons (Fsp3) is 1.00. The predicted octanol–water partition coefficient (Wildman–Crippen LogP) is 4.20. The molecular formula is C19H36N2. The number of piperazine rings is 1. The summed E-state index contributed by atoms with van der Waals surface area (Å²) in [4.78, 5) is 2.88. The van der Waals surface area contributed by atoms with Crippen molar-refractivity contribution < 1.29 is 0 Å². The maximum Gasteiger partial charge on any atom is 0.0224 e. The molecule has 122 valence electrons. The van der Waals surface area contributed by atoms with Gasteiger partial charge in [0.1, 0.15) is 0 Å². The van der Waals surface area contributed by atoms with Crippen molar-refractivity contribution in [2.45, 2.75) is 90.1 Å². The van der Waals surface area contributed by atoms with Gasteiger partial charge in [0.05, 0.1) is 0 Å². The quantitative estimate of drug-likeness (QED) is 0.835. The molecule has 3 aliphatic rings. The highest BCUT2D eigenvalue weighted by Crippen LogP contribution is 2.39. The van der Waals surface area contributed by atoms with E-state index in [4.69, 9.17) is 0 Å². The van der Waals surface area contributed by atoms with Crippen molar-refractivity contribution in [3.63, 3.8) is 0 Å². The summed E-state index contributed by atoms with van der Waals surface area (Å²) in [5.74, 6) is 0.954. The lowest BCUT2D eigenvalue weighted by Gasteiger charge is -2.46. The topological polar surface area (TPSA) is 15.3 Å². The fourth-order valence-corrected chi connectivity index (χ4v) is 5.21. The monoisotopic (exact) mass is 292 g/mol. The average molecular weight is 293 g/mol. The molecule has 1 N–H and O–H groups in total. The van der Waals surface area contributed by atoms with E-state index >= 15 is 0 Å². The van der Waals surface area contributed by atoms with Gasteiger partial charge in [-0.1, -0.05) is 46.0 Å². The van der Waals surface area contributed by atoms with Gasteiger partial charge in [0.15, 0.2) is 0 Å². The Morgan fingerprint density at radius 1 is 1.05 bits per heavy atom. The second-order valence-corrected chi connectivity index (χ2v) is 8.42. The molecule has 0 bridgehead atoms. The number of rotatable bonds is 4. The molecule has 2 aliphatic carbocycles. The summed E-state index contributed by atoms with van der Waals surface area (Å²) < 4.78 is 0. The minimum absolute atomic E-state index is 0.613. The first-order valence-corrected chi connectivity index (χ1v) is 9.68. The van der Waals surface area contributed by atoms with Crippen molar-refractivity contribution in [2.24, 2.45) is 11.3 Å². The molecule has 0 spiro atoms. The van der Waals surface area contributed by atoms with Crippen molar-refractivity contribution in [2.75, 3.05) is 19.6 Å². The SMILES string of the molecule is CCC1CNC(C2CCCCC2)CN1CC1(C)CCCC1. The molecule has 3 rings (SSSR count). The molecule has 2 saturated carbocycles. The van der Waals surface area contributed by atoms with Gasteiger partial charge in [-0.3, -0.25) is 4.90 Å². The molecule has 0 radical (unpaired) electrons. The lowest BCUT2D eigenvalue weighted by atomic mass is 9.81. The summed E-state index contributed by atoms with van der Waals surface area (Å²) in [7, 11) is 0. The standard InChI is InChI=1S/C19H36N2/c1-3-17-13-20-18(16-9-5-4-6-10-16)14-21(17)15-19(2)11-7-8-12-19/h16-18,20H,3-15H2,1-2H3. The Bertz CT molecular complexity index is 316. The smallest absolute Gasteiger partial charge is 0.0224 e. The van der Waals surface area contributed by atoms with E-state index < -0.39 is 0 Å². The highest BCUT2D eigenvalue weighted by molar-refractivity contribution is 4.93. The molecule has 0 aromatic rings. The largest absolute Gasteiger partial charge is 0.311 e. The highest BCUT2D eigenvalue weighted by Gasteiger charge is 2.37. The minimum Gasteiger partial charge on any atom is -0.311 e. The lowest BCUT2D eigenvalue weighted by molar-refractivity contribution is 0.0568. The van der Waals surface area contributed by atoms with Crippen LogP contribution < -0.4 is 5.32 Å². The van der Waals surface area contributed by atoms with Crippen LogP contribution in [0.15, 0.2) is 0 Å². The van der Waals surface area contributed by atoms with Crippen LogP contribution in [0.5, 0.6) is 0 Å². The first-order valence-electron chi connectivity index (χ1n) is 9.68. The third kappa shape index (κ3) is 3.82. The summed E-state index contributed by atoms with van der Waals surface area (Å²) in [6.45, 7) is 8.82. The van der Waals surface area contributed by atoms with E-state index in [0.717, 1.165) is 18.0 Å². The molecule has 2 atom stereocenters. The zero-order valence-electron chi connectivity index (χ0n) is 14.4. The Morgan fingerprint density at radius 3 is 2.43 bits per heavy atom. The third-order valence-corrected chi connectivity index (χ3v) is 6.65. The Kier molecular flexibility index (Phi) is 5.27. The third-order valence-electron chi connectivity index (χ3n) is 6.65. The van der Waals surface area contributed by atoms with Crippen molar-refractivity contribution in [3.8, 4) is 0 Å². The first kappa shape index (κ1) is 15.8. The Morgan fingerprint density at radius 2 is 1.76 bits per heavy atom. The molecule has 1 saturated heterocycles. The van der Waals surface area contributed by atoms with E-state index in [1.54, 1.807) is 0 Å². The van der Waals surface area contributed by atoms with E-state index in [9.17, 15) is 0 Å². The minimum atomic E-state index is 0.613. The average Bonchev–Trinajstić information content (AvgIpc) is 2.94. The van der Waals surface area contributed by atoms with Gasteiger partial charge in [-0.05, 0) is 43.4 Å². The van der Waals surface area contributed by atoms with Crippen LogP contribution in [0.2, 0.25) is 0 Å². The molecule has 2 nitrogen and oxygen atoms in total. The number of nitrogens with one attached hydrogen (secondary N) is 1. The highest BCUT2D eigenvalue weighted by atomic mass is 15.2. The Balaban J connectivity index is 1.61. The number of hydrogen-bond acceptors (Lipinski definition) is 2. The van der Waals surface area contributed by atoms with E-state index in [1.807, 2.05) is 0 Å². The van der Waals surface area contributed by atoms with Crippen molar-refractivity contribution in [3.05, 3.63) is 0 Å². The maximum atomic E-state index is 3.92. The van der Waals surface area contributed by atoms with Gasteiger partial charge in [0.2, 0.25) is 0 Å². The summed E-state index contributed by atoms with van der Waals surface area (Å²) in [5.41, 5.74) is 0.613. The molecular weight excluding hydrogens is 256 g/mol. The van der Waals surface area contributed by atoms with Gasteiger partial charge in [-0.2, -0.15) is 0 Å². The normalized spacial score (nSPS) is 35.1. The fourth-order valence-electron chi connectivity index (χ4n) is 5.21. The molecule has 0 aromatic carbocycles. The van der Waals surface area contributed by atoms with Crippen molar-refractivity contribution >= 4 is 0 Å². The van der Waals surface area contributed by atoms with Gasteiger partial charge < -0.3 is 5.32 Å². The van der Waals surface area contributed by atoms with Crippen LogP contribution in [-0.4, -0.2) is 36.6 Å². The van der Waals surface area contributed by atoms with Crippen LogP contribution in [0, 0.1) is 11.3 Å². The molecule has 0 aromatic heterocycles. The van der Waals surface area contributed by atoms with Gasteiger partial charge >= 0.3 is 0 Å². The summed E-state index contributed by atoms with van der Waals surface area (Å²) in [5, 5.41) is 3.92. The summed E-state index contributed by atoms with van der Waals surface area (Å²) >= 11 is 0. The molecule has 0 amide bonds.